The van der Waals surface area contributed by atoms with Crippen LogP contribution in [0.25, 0.3) is 0 Å². The molecule has 1 aromatic rings. The lowest BCUT2D eigenvalue weighted by atomic mass is 10.3. The van der Waals surface area contributed by atoms with Crippen molar-refractivity contribution in [1.82, 2.24) is 10.3 Å². The smallest absolute Gasteiger partial charge is 0.126 e. The van der Waals surface area contributed by atoms with Crippen LogP contribution in [0.1, 0.15) is 19.0 Å². The Balaban J connectivity index is 2.28. The van der Waals surface area contributed by atoms with Gasteiger partial charge in [0.05, 0.1) is 5.69 Å². The zero-order chi connectivity index (χ0) is 11.1. The molecule has 0 unspecified atom stereocenters. The molecule has 0 saturated heterocycles. The van der Waals surface area contributed by atoms with Crippen molar-refractivity contribution in [2.24, 2.45) is 0 Å². The average Bonchev–Trinajstić information content (AvgIpc) is 2.23. The van der Waals surface area contributed by atoms with E-state index in [2.05, 4.69) is 38.5 Å². The van der Waals surface area contributed by atoms with Gasteiger partial charge in [0.2, 0.25) is 0 Å². The van der Waals surface area contributed by atoms with E-state index in [-0.39, 0.29) is 0 Å². The molecular weight excluding hydrogens is 254 g/mol. The maximum atomic E-state index is 4.41. The molecule has 0 fully saturated rings. The van der Waals surface area contributed by atoms with Crippen LogP contribution in [0.2, 0.25) is 0 Å². The Morgan fingerprint density at radius 1 is 1.33 bits per heavy atom. The van der Waals surface area contributed by atoms with Gasteiger partial charge in [0.15, 0.2) is 0 Å². The van der Waals surface area contributed by atoms with Crippen LogP contribution in [-0.2, 0) is 0 Å². The highest BCUT2D eigenvalue weighted by Gasteiger charge is 1.97. The lowest BCUT2D eigenvalue weighted by Crippen LogP contribution is -2.17. The van der Waals surface area contributed by atoms with Gasteiger partial charge in [-0.2, -0.15) is 0 Å². The van der Waals surface area contributed by atoms with Crippen molar-refractivity contribution in [3.05, 3.63) is 22.3 Å². The molecule has 4 heteroatoms. The van der Waals surface area contributed by atoms with E-state index in [1.54, 1.807) is 0 Å². The SMILES string of the molecule is CCNCCCNc1ccc(Br)c(C)n1. The lowest BCUT2D eigenvalue weighted by molar-refractivity contribution is 0.688. The lowest BCUT2D eigenvalue weighted by Gasteiger charge is -2.07. The molecule has 3 nitrogen and oxygen atoms in total. The summed E-state index contributed by atoms with van der Waals surface area (Å²) in [4.78, 5) is 4.41. The molecule has 0 atom stereocenters. The number of aryl methyl sites for hydroxylation is 1. The summed E-state index contributed by atoms with van der Waals surface area (Å²) in [7, 11) is 0. The second-order valence-corrected chi connectivity index (χ2v) is 4.25. The summed E-state index contributed by atoms with van der Waals surface area (Å²) in [5, 5.41) is 6.59. The molecule has 84 valence electrons. The number of aromatic nitrogens is 1. The van der Waals surface area contributed by atoms with Crippen LogP contribution in [0.15, 0.2) is 16.6 Å². The summed E-state index contributed by atoms with van der Waals surface area (Å²) >= 11 is 3.43. The Labute approximate surface area is 99.8 Å². The van der Waals surface area contributed by atoms with Crippen LogP contribution in [0.3, 0.4) is 0 Å². The van der Waals surface area contributed by atoms with E-state index in [0.29, 0.717) is 0 Å². The fourth-order valence-electron chi connectivity index (χ4n) is 1.25. The van der Waals surface area contributed by atoms with Crippen LogP contribution in [-0.4, -0.2) is 24.6 Å². The zero-order valence-electron chi connectivity index (χ0n) is 9.31. The van der Waals surface area contributed by atoms with Crippen LogP contribution in [0, 0.1) is 6.92 Å². The monoisotopic (exact) mass is 271 g/mol. The fraction of sp³-hybridized carbons (Fsp3) is 0.545. The van der Waals surface area contributed by atoms with Crippen molar-refractivity contribution >= 4 is 21.7 Å². The molecule has 0 aromatic carbocycles. The Kier molecular flexibility index (Phi) is 5.65. The first kappa shape index (κ1) is 12.5. The quantitative estimate of drug-likeness (QED) is 0.781. The van der Waals surface area contributed by atoms with Crippen molar-refractivity contribution < 1.29 is 0 Å². The van der Waals surface area contributed by atoms with Gasteiger partial charge in [-0.15, -0.1) is 0 Å². The number of nitrogens with one attached hydrogen (secondary N) is 2. The van der Waals surface area contributed by atoms with E-state index in [9.17, 15) is 0 Å². The van der Waals surface area contributed by atoms with Gasteiger partial charge in [-0.1, -0.05) is 6.92 Å². The first-order valence-corrected chi connectivity index (χ1v) is 6.11. The Morgan fingerprint density at radius 3 is 2.80 bits per heavy atom. The van der Waals surface area contributed by atoms with Crippen LogP contribution >= 0.6 is 15.9 Å². The molecule has 0 saturated carbocycles. The molecule has 0 aliphatic carbocycles. The maximum Gasteiger partial charge on any atom is 0.126 e. The van der Waals surface area contributed by atoms with E-state index >= 15 is 0 Å². The molecule has 0 spiro atoms. The number of hydrogen-bond donors (Lipinski definition) is 2. The number of pyridine rings is 1. The number of nitrogens with zero attached hydrogens (tertiary/aromatic N) is 1. The third-order valence-electron chi connectivity index (χ3n) is 2.11. The number of halogens is 1. The topological polar surface area (TPSA) is 37.0 Å². The van der Waals surface area contributed by atoms with Gasteiger partial charge in [0.1, 0.15) is 5.82 Å². The van der Waals surface area contributed by atoms with Crippen molar-refractivity contribution in [3.8, 4) is 0 Å². The van der Waals surface area contributed by atoms with Gasteiger partial charge in [-0.25, -0.2) is 4.98 Å². The number of rotatable bonds is 6. The highest BCUT2D eigenvalue weighted by molar-refractivity contribution is 9.10. The second-order valence-electron chi connectivity index (χ2n) is 3.40. The Bertz CT molecular complexity index is 302. The highest BCUT2D eigenvalue weighted by atomic mass is 79.9. The minimum absolute atomic E-state index is 0.951. The Morgan fingerprint density at radius 2 is 2.13 bits per heavy atom. The van der Waals surface area contributed by atoms with E-state index in [4.69, 9.17) is 0 Å². The predicted octanol–water partition coefficient (Wildman–Crippen LogP) is 2.56. The first-order valence-electron chi connectivity index (χ1n) is 5.31. The molecule has 0 radical (unpaired) electrons. The van der Waals surface area contributed by atoms with Gasteiger partial charge < -0.3 is 10.6 Å². The molecule has 0 amide bonds. The van der Waals surface area contributed by atoms with Crippen molar-refractivity contribution in [3.63, 3.8) is 0 Å². The predicted molar refractivity (Wildman–Crippen MR) is 68.3 cm³/mol. The van der Waals surface area contributed by atoms with Crippen molar-refractivity contribution in [2.75, 3.05) is 25.0 Å². The summed E-state index contributed by atoms with van der Waals surface area (Å²) in [5.41, 5.74) is 1.02. The van der Waals surface area contributed by atoms with Gasteiger partial charge in [0.25, 0.3) is 0 Å². The first-order chi connectivity index (χ1) is 7.24. The number of hydrogen-bond acceptors (Lipinski definition) is 3. The molecule has 1 aromatic heterocycles. The molecular formula is C11H18BrN3. The van der Waals surface area contributed by atoms with Gasteiger partial charge in [-0.05, 0) is 54.5 Å². The third kappa shape index (κ3) is 4.62. The van der Waals surface area contributed by atoms with Crippen molar-refractivity contribution in [2.45, 2.75) is 20.3 Å². The Hall–Kier alpha value is -0.610. The molecule has 15 heavy (non-hydrogen) atoms. The fourth-order valence-corrected chi connectivity index (χ4v) is 1.47. The largest absolute Gasteiger partial charge is 0.370 e. The van der Waals surface area contributed by atoms with Crippen LogP contribution in [0.4, 0.5) is 5.82 Å². The summed E-state index contributed by atoms with van der Waals surface area (Å²) in [6.45, 7) is 7.16. The van der Waals surface area contributed by atoms with Crippen LogP contribution in [0.5, 0.6) is 0 Å². The summed E-state index contributed by atoms with van der Waals surface area (Å²) in [5.74, 6) is 0.951. The van der Waals surface area contributed by atoms with E-state index in [1.165, 1.54) is 0 Å². The van der Waals surface area contributed by atoms with Gasteiger partial charge in [-0.3, -0.25) is 0 Å². The molecule has 0 aliphatic heterocycles. The third-order valence-corrected chi connectivity index (χ3v) is 2.95. The van der Waals surface area contributed by atoms with Gasteiger partial charge >= 0.3 is 0 Å². The highest BCUT2D eigenvalue weighted by Crippen LogP contribution is 2.15. The molecule has 0 bridgehead atoms. The normalized spacial score (nSPS) is 10.3. The summed E-state index contributed by atoms with van der Waals surface area (Å²) in [6.07, 6.45) is 1.12. The summed E-state index contributed by atoms with van der Waals surface area (Å²) in [6, 6.07) is 4.01. The van der Waals surface area contributed by atoms with E-state index < -0.39 is 0 Å². The molecule has 1 heterocycles. The van der Waals surface area contributed by atoms with E-state index in [1.807, 2.05) is 19.1 Å². The minimum atomic E-state index is 0.951. The minimum Gasteiger partial charge on any atom is -0.370 e. The second kappa shape index (κ2) is 6.80. The van der Waals surface area contributed by atoms with Crippen molar-refractivity contribution in [1.29, 1.82) is 0 Å². The molecule has 1 rings (SSSR count). The van der Waals surface area contributed by atoms with Crippen LogP contribution < -0.4 is 10.6 Å². The standard InChI is InChI=1S/C11H18BrN3/c1-3-13-7-4-8-14-11-6-5-10(12)9(2)15-11/h5-6,13H,3-4,7-8H2,1-2H3,(H,14,15). The number of anilines is 1. The van der Waals surface area contributed by atoms with E-state index in [0.717, 1.165) is 42.0 Å². The average molecular weight is 272 g/mol. The van der Waals surface area contributed by atoms with Gasteiger partial charge in [0, 0.05) is 11.0 Å². The molecule has 2 N–H and O–H groups in total. The maximum absolute atomic E-state index is 4.41. The molecule has 0 aliphatic rings. The zero-order valence-corrected chi connectivity index (χ0v) is 10.9. The summed E-state index contributed by atoms with van der Waals surface area (Å²) < 4.78 is 1.06.